The smallest absolute Gasteiger partial charge is 0.328 e. The predicted octanol–water partition coefficient (Wildman–Crippen LogP) is 1.42. The van der Waals surface area contributed by atoms with E-state index in [-0.39, 0.29) is 0 Å². The SMILES string of the molecule is Cc1nc(CNC(=O)NC(C)(C)C(=O)O)sc1C. The van der Waals surface area contributed by atoms with Gasteiger partial charge < -0.3 is 15.7 Å². The number of urea groups is 1. The van der Waals surface area contributed by atoms with Crippen LogP contribution in [0.15, 0.2) is 0 Å². The summed E-state index contributed by atoms with van der Waals surface area (Å²) in [6.07, 6.45) is 0. The molecular weight excluding hydrogens is 254 g/mol. The van der Waals surface area contributed by atoms with Crippen LogP contribution in [0, 0.1) is 13.8 Å². The lowest BCUT2D eigenvalue weighted by molar-refractivity contribution is -0.142. The molecule has 6 nitrogen and oxygen atoms in total. The monoisotopic (exact) mass is 271 g/mol. The van der Waals surface area contributed by atoms with Gasteiger partial charge in [0.2, 0.25) is 0 Å². The summed E-state index contributed by atoms with van der Waals surface area (Å²) in [5.74, 6) is -1.08. The molecule has 0 radical (unpaired) electrons. The lowest BCUT2D eigenvalue weighted by atomic mass is 10.1. The molecule has 0 fully saturated rings. The van der Waals surface area contributed by atoms with E-state index >= 15 is 0 Å². The van der Waals surface area contributed by atoms with Gasteiger partial charge in [0.15, 0.2) is 0 Å². The highest BCUT2D eigenvalue weighted by Gasteiger charge is 2.28. The van der Waals surface area contributed by atoms with Gasteiger partial charge in [-0.3, -0.25) is 0 Å². The Bertz CT molecular complexity index is 449. The van der Waals surface area contributed by atoms with Gasteiger partial charge in [-0.25, -0.2) is 14.6 Å². The van der Waals surface area contributed by atoms with Gasteiger partial charge in [0, 0.05) is 4.88 Å². The lowest BCUT2D eigenvalue weighted by Crippen LogP contribution is -2.52. The molecule has 1 aromatic rings. The molecule has 7 heteroatoms. The molecule has 0 spiro atoms. The van der Waals surface area contributed by atoms with Crippen LogP contribution in [0.4, 0.5) is 4.79 Å². The zero-order chi connectivity index (χ0) is 13.9. The second-order valence-electron chi connectivity index (χ2n) is 4.49. The highest BCUT2D eigenvalue weighted by Crippen LogP contribution is 2.15. The van der Waals surface area contributed by atoms with Crippen LogP contribution in [0.3, 0.4) is 0 Å². The van der Waals surface area contributed by atoms with Gasteiger partial charge >= 0.3 is 12.0 Å². The van der Waals surface area contributed by atoms with E-state index in [0.717, 1.165) is 15.6 Å². The number of carboxylic acids is 1. The highest BCUT2D eigenvalue weighted by molar-refractivity contribution is 7.11. The van der Waals surface area contributed by atoms with Gasteiger partial charge in [0.05, 0.1) is 12.2 Å². The molecule has 100 valence electrons. The van der Waals surface area contributed by atoms with Crippen LogP contribution in [0.25, 0.3) is 0 Å². The van der Waals surface area contributed by atoms with E-state index in [1.54, 1.807) is 0 Å². The van der Waals surface area contributed by atoms with Crippen molar-refractivity contribution in [2.75, 3.05) is 0 Å². The molecule has 0 bridgehead atoms. The Morgan fingerprint density at radius 1 is 1.39 bits per heavy atom. The summed E-state index contributed by atoms with van der Waals surface area (Å²) in [7, 11) is 0. The molecule has 2 amide bonds. The molecule has 0 aliphatic heterocycles. The molecule has 0 saturated heterocycles. The number of hydrogen-bond acceptors (Lipinski definition) is 4. The standard InChI is InChI=1S/C11H17N3O3S/c1-6-7(2)18-8(13-6)5-12-10(17)14-11(3,4)9(15)16/h5H2,1-4H3,(H,15,16)(H2,12,14,17). The number of aliphatic carboxylic acids is 1. The summed E-state index contributed by atoms with van der Waals surface area (Å²) in [6, 6.07) is -0.520. The Kier molecular flexibility index (Phi) is 4.28. The number of nitrogens with zero attached hydrogens (tertiary/aromatic N) is 1. The fraction of sp³-hybridized carbons (Fsp3) is 0.545. The van der Waals surface area contributed by atoms with Crippen LogP contribution in [0.2, 0.25) is 0 Å². The number of carbonyl (C=O) groups is 2. The fourth-order valence-corrected chi connectivity index (χ4v) is 2.03. The lowest BCUT2D eigenvalue weighted by Gasteiger charge is -2.20. The summed E-state index contributed by atoms with van der Waals surface area (Å²) in [4.78, 5) is 27.7. The van der Waals surface area contributed by atoms with Gasteiger partial charge in [0.25, 0.3) is 0 Å². The summed E-state index contributed by atoms with van der Waals surface area (Å²) in [6.45, 7) is 7.01. The van der Waals surface area contributed by atoms with Crippen molar-refractivity contribution in [3.8, 4) is 0 Å². The first-order valence-electron chi connectivity index (χ1n) is 5.44. The van der Waals surface area contributed by atoms with Crippen LogP contribution in [0.1, 0.15) is 29.4 Å². The quantitative estimate of drug-likeness (QED) is 0.772. The first-order valence-corrected chi connectivity index (χ1v) is 6.26. The maximum Gasteiger partial charge on any atom is 0.328 e. The Labute approximate surface area is 109 Å². The van der Waals surface area contributed by atoms with Crippen LogP contribution < -0.4 is 10.6 Å². The molecule has 0 aromatic carbocycles. The zero-order valence-corrected chi connectivity index (χ0v) is 11.6. The van der Waals surface area contributed by atoms with Gasteiger partial charge in [-0.1, -0.05) is 0 Å². The van der Waals surface area contributed by atoms with E-state index < -0.39 is 17.5 Å². The minimum absolute atomic E-state index is 0.293. The molecule has 0 atom stereocenters. The largest absolute Gasteiger partial charge is 0.480 e. The van der Waals surface area contributed by atoms with Crippen LogP contribution >= 0.6 is 11.3 Å². The van der Waals surface area contributed by atoms with E-state index in [1.807, 2.05) is 13.8 Å². The average Bonchev–Trinajstić information content (AvgIpc) is 2.55. The molecule has 0 aliphatic rings. The molecular formula is C11H17N3O3S. The first-order chi connectivity index (χ1) is 8.22. The Hall–Kier alpha value is -1.63. The minimum Gasteiger partial charge on any atom is -0.480 e. The highest BCUT2D eigenvalue weighted by atomic mass is 32.1. The summed E-state index contributed by atoms with van der Waals surface area (Å²) in [5.41, 5.74) is -0.346. The Morgan fingerprint density at radius 3 is 2.44 bits per heavy atom. The topological polar surface area (TPSA) is 91.3 Å². The molecule has 3 N–H and O–H groups in total. The Morgan fingerprint density at radius 2 is 2.00 bits per heavy atom. The molecule has 0 unspecified atom stereocenters. The van der Waals surface area contributed by atoms with Crippen molar-refractivity contribution in [3.63, 3.8) is 0 Å². The summed E-state index contributed by atoms with van der Waals surface area (Å²) >= 11 is 1.51. The van der Waals surface area contributed by atoms with E-state index in [0.29, 0.717) is 6.54 Å². The predicted molar refractivity (Wildman–Crippen MR) is 68.7 cm³/mol. The normalized spacial score (nSPS) is 11.1. The van der Waals surface area contributed by atoms with Crippen LogP contribution in [0.5, 0.6) is 0 Å². The molecule has 0 saturated carbocycles. The number of nitrogens with one attached hydrogen (secondary N) is 2. The average molecular weight is 271 g/mol. The van der Waals surface area contributed by atoms with Crippen molar-refractivity contribution < 1.29 is 14.7 Å². The van der Waals surface area contributed by atoms with Crippen molar-refractivity contribution in [3.05, 3.63) is 15.6 Å². The van der Waals surface area contributed by atoms with Crippen molar-refractivity contribution >= 4 is 23.3 Å². The van der Waals surface area contributed by atoms with E-state index in [2.05, 4.69) is 15.6 Å². The van der Waals surface area contributed by atoms with Gasteiger partial charge in [-0.05, 0) is 27.7 Å². The molecule has 1 heterocycles. The van der Waals surface area contributed by atoms with Crippen LogP contribution in [-0.2, 0) is 11.3 Å². The van der Waals surface area contributed by atoms with Gasteiger partial charge in [-0.15, -0.1) is 11.3 Å². The first kappa shape index (κ1) is 14.4. The second kappa shape index (κ2) is 5.34. The van der Waals surface area contributed by atoms with Crippen molar-refractivity contribution in [1.82, 2.24) is 15.6 Å². The number of aromatic nitrogens is 1. The van der Waals surface area contributed by atoms with E-state index in [4.69, 9.17) is 5.11 Å². The molecule has 1 aromatic heterocycles. The molecule has 1 rings (SSSR count). The number of rotatable bonds is 4. The number of amides is 2. The number of carbonyl (C=O) groups excluding carboxylic acids is 1. The number of thiazole rings is 1. The zero-order valence-electron chi connectivity index (χ0n) is 10.8. The molecule has 0 aliphatic carbocycles. The molecule has 18 heavy (non-hydrogen) atoms. The Balaban J connectivity index is 2.49. The number of aryl methyl sites for hydroxylation is 2. The van der Waals surface area contributed by atoms with E-state index in [1.165, 1.54) is 25.2 Å². The summed E-state index contributed by atoms with van der Waals surface area (Å²) < 4.78 is 0. The van der Waals surface area contributed by atoms with E-state index in [9.17, 15) is 9.59 Å². The third kappa shape index (κ3) is 3.69. The van der Waals surface area contributed by atoms with Gasteiger partial charge in [-0.2, -0.15) is 0 Å². The van der Waals surface area contributed by atoms with Crippen molar-refractivity contribution in [2.45, 2.75) is 39.8 Å². The fourth-order valence-electron chi connectivity index (χ4n) is 1.15. The number of hydrogen-bond donors (Lipinski definition) is 3. The third-order valence-electron chi connectivity index (χ3n) is 2.43. The number of carboxylic acid groups (broad SMARTS) is 1. The van der Waals surface area contributed by atoms with Crippen molar-refractivity contribution in [1.29, 1.82) is 0 Å². The maximum absolute atomic E-state index is 11.5. The second-order valence-corrected chi connectivity index (χ2v) is 5.77. The minimum atomic E-state index is -1.29. The van der Waals surface area contributed by atoms with Crippen molar-refractivity contribution in [2.24, 2.45) is 0 Å². The summed E-state index contributed by atoms with van der Waals surface area (Å²) in [5, 5.41) is 14.6. The van der Waals surface area contributed by atoms with Gasteiger partial charge in [0.1, 0.15) is 10.5 Å². The third-order valence-corrected chi connectivity index (χ3v) is 3.51. The van der Waals surface area contributed by atoms with Crippen LogP contribution in [-0.4, -0.2) is 27.6 Å². The maximum atomic E-state index is 11.5.